The van der Waals surface area contributed by atoms with Gasteiger partial charge in [-0.3, -0.25) is 0 Å². The molecule has 0 radical (unpaired) electrons. The Balaban J connectivity index is 2.00. The first-order chi connectivity index (χ1) is 9.20. The van der Waals surface area contributed by atoms with Gasteiger partial charge in [-0.05, 0) is 29.0 Å². The number of hydrogen-bond donors (Lipinski definition) is 0. The van der Waals surface area contributed by atoms with Crippen molar-refractivity contribution in [2.24, 2.45) is 0 Å². The van der Waals surface area contributed by atoms with Crippen molar-refractivity contribution in [2.45, 2.75) is 32.9 Å². The molecule has 0 unspecified atom stereocenters. The quantitative estimate of drug-likeness (QED) is 0.806. The SMILES string of the molecule is CCCCn1nnnc1COc1ccc(F)cc1F. The fourth-order valence-corrected chi connectivity index (χ4v) is 1.54. The summed E-state index contributed by atoms with van der Waals surface area (Å²) in [6.07, 6.45) is 1.97. The third kappa shape index (κ3) is 3.46. The van der Waals surface area contributed by atoms with Gasteiger partial charge in [-0.25, -0.2) is 13.5 Å². The van der Waals surface area contributed by atoms with Crippen molar-refractivity contribution in [3.63, 3.8) is 0 Å². The summed E-state index contributed by atoms with van der Waals surface area (Å²) in [6.45, 7) is 2.79. The second kappa shape index (κ2) is 6.21. The fraction of sp³-hybridized carbons (Fsp3) is 0.417. The predicted octanol–water partition coefficient (Wildman–Crippen LogP) is 2.33. The summed E-state index contributed by atoms with van der Waals surface area (Å²) in [5.41, 5.74) is 0. The maximum atomic E-state index is 13.4. The van der Waals surface area contributed by atoms with E-state index >= 15 is 0 Å². The van der Waals surface area contributed by atoms with Gasteiger partial charge < -0.3 is 4.74 Å². The zero-order chi connectivity index (χ0) is 13.7. The third-order valence-electron chi connectivity index (χ3n) is 2.58. The molecule has 0 atom stereocenters. The highest BCUT2D eigenvalue weighted by atomic mass is 19.1. The van der Waals surface area contributed by atoms with Crippen LogP contribution in [0.2, 0.25) is 0 Å². The van der Waals surface area contributed by atoms with Crippen LogP contribution in [0, 0.1) is 11.6 Å². The van der Waals surface area contributed by atoms with E-state index in [-0.39, 0.29) is 12.4 Å². The van der Waals surface area contributed by atoms with Crippen LogP contribution in [0.25, 0.3) is 0 Å². The van der Waals surface area contributed by atoms with Gasteiger partial charge in [-0.2, -0.15) is 0 Å². The molecule has 1 aromatic carbocycles. The lowest BCUT2D eigenvalue weighted by Gasteiger charge is -2.07. The number of ether oxygens (including phenoxy) is 1. The summed E-state index contributed by atoms with van der Waals surface area (Å²) in [5.74, 6) is -0.895. The van der Waals surface area contributed by atoms with Crippen molar-refractivity contribution in [3.05, 3.63) is 35.7 Å². The van der Waals surface area contributed by atoms with E-state index in [4.69, 9.17) is 4.74 Å². The molecule has 0 aliphatic rings. The summed E-state index contributed by atoms with van der Waals surface area (Å²) < 4.78 is 33.0. The van der Waals surface area contributed by atoms with E-state index in [9.17, 15) is 8.78 Å². The Labute approximate surface area is 109 Å². The van der Waals surface area contributed by atoms with E-state index < -0.39 is 11.6 Å². The van der Waals surface area contributed by atoms with Crippen LogP contribution >= 0.6 is 0 Å². The standard InChI is InChI=1S/C12H14F2N4O/c1-2-3-6-18-12(15-16-17-18)8-19-11-5-4-9(13)7-10(11)14/h4-5,7H,2-3,6,8H2,1H3. The maximum Gasteiger partial charge on any atom is 0.189 e. The number of hydrogen-bond acceptors (Lipinski definition) is 4. The molecule has 0 bridgehead atoms. The number of benzene rings is 1. The van der Waals surface area contributed by atoms with Gasteiger partial charge >= 0.3 is 0 Å². The van der Waals surface area contributed by atoms with Gasteiger partial charge in [-0.1, -0.05) is 13.3 Å². The van der Waals surface area contributed by atoms with Crippen LogP contribution in [0.5, 0.6) is 5.75 Å². The molecule has 0 saturated heterocycles. The van der Waals surface area contributed by atoms with Crippen LogP contribution in [0.1, 0.15) is 25.6 Å². The Morgan fingerprint density at radius 3 is 2.89 bits per heavy atom. The van der Waals surface area contributed by atoms with Crippen LogP contribution in [0.15, 0.2) is 18.2 Å². The van der Waals surface area contributed by atoms with Gasteiger partial charge in [0.1, 0.15) is 12.4 Å². The van der Waals surface area contributed by atoms with Crippen molar-refractivity contribution in [3.8, 4) is 5.75 Å². The second-order valence-corrected chi connectivity index (χ2v) is 4.04. The van der Waals surface area contributed by atoms with Crippen molar-refractivity contribution in [1.29, 1.82) is 0 Å². The van der Waals surface area contributed by atoms with Gasteiger partial charge in [0.05, 0.1) is 0 Å². The van der Waals surface area contributed by atoms with Crippen LogP contribution in [-0.2, 0) is 13.2 Å². The highest BCUT2D eigenvalue weighted by Crippen LogP contribution is 2.18. The number of aromatic nitrogens is 4. The van der Waals surface area contributed by atoms with Gasteiger partial charge in [0.25, 0.3) is 0 Å². The van der Waals surface area contributed by atoms with Crippen molar-refractivity contribution >= 4 is 0 Å². The topological polar surface area (TPSA) is 52.8 Å². The molecule has 0 aliphatic carbocycles. The number of nitrogens with zero attached hydrogens (tertiary/aromatic N) is 4. The summed E-state index contributed by atoms with van der Waals surface area (Å²) >= 11 is 0. The lowest BCUT2D eigenvalue weighted by Crippen LogP contribution is -2.09. The van der Waals surface area contributed by atoms with Crippen molar-refractivity contribution in [2.75, 3.05) is 0 Å². The molecule has 2 rings (SSSR count). The number of aryl methyl sites for hydroxylation is 1. The average molecular weight is 268 g/mol. The molecule has 19 heavy (non-hydrogen) atoms. The normalized spacial score (nSPS) is 10.7. The molecule has 5 nitrogen and oxygen atoms in total. The Bertz CT molecular complexity index is 544. The minimum atomic E-state index is -0.743. The molecule has 0 aliphatic heterocycles. The Kier molecular flexibility index (Phi) is 4.38. The van der Waals surface area contributed by atoms with Gasteiger partial charge in [0, 0.05) is 12.6 Å². The lowest BCUT2D eigenvalue weighted by molar-refractivity contribution is 0.271. The molecule has 2 aromatic rings. The van der Waals surface area contributed by atoms with E-state index in [2.05, 4.69) is 22.4 Å². The average Bonchev–Trinajstić information content (AvgIpc) is 2.83. The predicted molar refractivity (Wildman–Crippen MR) is 63.4 cm³/mol. The number of unbranched alkanes of at least 4 members (excludes halogenated alkanes) is 1. The molecule has 0 spiro atoms. The van der Waals surface area contributed by atoms with Gasteiger partial charge in [-0.15, -0.1) is 5.10 Å². The molecule has 102 valence electrons. The summed E-state index contributed by atoms with van der Waals surface area (Å²) in [5, 5.41) is 11.2. The smallest absolute Gasteiger partial charge is 0.189 e. The fourth-order valence-electron chi connectivity index (χ4n) is 1.54. The zero-order valence-electron chi connectivity index (χ0n) is 10.5. The second-order valence-electron chi connectivity index (χ2n) is 4.04. The van der Waals surface area contributed by atoms with E-state index in [1.54, 1.807) is 4.68 Å². The highest BCUT2D eigenvalue weighted by molar-refractivity contribution is 5.24. The molecular formula is C12H14F2N4O. The largest absolute Gasteiger partial charge is 0.482 e. The van der Waals surface area contributed by atoms with E-state index in [0.717, 1.165) is 25.0 Å². The molecule has 1 aromatic heterocycles. The van der Waals surface area contributed by atoms with Crippen LogP contribution in [0.4, 0.5) is 8.78 Å². The maximum absolute atomic E-state index is 13.4. The van der Waals surface area contributed by atoms with Crippen LogP contribution in [0.3, 0.4) is 0 Å². The minimum Gasteiger partial charge on any atom is -0.482 e. The molecular weight excluding hydrogens is 254 g/mol. The molecule has 0 N–H and O–H groups in total. The molecule has 0 fully saturated rings. The third-order valence-corrected chi connectivity index (χ3v) is 2.58. The Morgan fingerprint density at radius 2 is 2.16 bits per heavy atom. The monoisotopic (exact) mass is 268 g/mol. The number of halogens is 2. The highest BCUT2D eigenvalue weighted by Gasteiger charge is 2.09. The number of tetrazole rings is 1. The van der Waals surface area contributed by atoms with Gasteiger partial charge in [0.2, 0.25) is 0 Å². The van der Waals surface area contributed by atoms with Crippen LogP contribution in [-0.4, -0.2) is 20.2 Å². The zero-order valence-corrected chi connectivity index (χ0v) is 10.5. The van der Waals surface area contributed by atoms with Crippen molar-refractivity contribution in [1.82, 2.24) is 20.2 Å². The first-order valence-electron chi connectivity index (χ1n) is 6.03. The molecule has 0 amide bonds. The molecule has 7 heteroatoms. The van der Waals surface area contributed by atoms with Crippen molar-refractivity contribution < 1.29 is 13.5 Å². The minimum absolute atomic E-state index is 0.0218. The first-order valence-corrected chi connectivity index (χ1v) is 6.03. The summed E-state index contributed by atoms with van der Waals surface area (Å²) in [4.78, 5) is 0. The summed E-state index contributed by atoms with van der Waals surface area (Å²) in [7, 11) is 0. The van der Waals surface area contributed by atoms with Crippen LogP contribution < -0.4 is 4.74 Å². The Hall–Kier alpha value is -2.05. The van der Waals surface area contributed by atoms with E-state index in [1.165, 1.54) is 6.07 Å². The van der Waals surface area contributed by atoms with E-state index in [1.807, 2.05) is 0 Å². The summed E-state index contributed by atoms with van der Waals surface area (Å²) in [6, 6.07) is 3.15. The van der Waals surface area contributed by atoms with E-state index in [0.29, 0.717) is 12.4 Å². The van der Waals surface area contributed by atoms with Gasteiger partial charge in [0.15, 0.2) is 17.4 Å². The Morgan fingerprint density at radius 1 is 1.32 bits per heavy atom. The molecule has 0 saturated carbocycles. The lowest BCUT2D eigenvalue weighted by atomic mass is 10.3. The number of rotatable bonds is 6. The molecule has 1 heterocycles. The first kappa shape index (κ1) is 13.4.